The lowest BCUT2D eigenvalue weighted by atomic mass is 10.2. The van der Waals surface area contributed by atoms with E-state index in [0.717, 1.165) is 5.56 Å². The van der Waals surface area contributed by atoms with Crippen LogP contribution in [0.5, 0.6) is 11.5 Å². The molecule has 3 N–H and O–H groups in total. The van der Waals surface area contributed by atoms with Crippen molar-refractivity contribution in [2.45, 2.75) is 11.8 Å². The van der Waals surface area contributed by atoms with E-state index < -0.39 is 12.0 Å². The quantitative estimate of drug-likeness (QED) is 0.862. The number of rotatable bonds is 5. The first-order valence-corrected chi connectivity index (χ1v) is 7.25. The van der Waals surface area contributed by atoms with Gasteiger partial charge in [-0.15, -0.1) is 0 Å². The van der Waals surface area contributed by atoms with Gasteiger partial charge in [-0.25, -0.2) is 0 Å². The van der Waals surface area contributed by atoms with Gasteiger partial charge in [0.05, 0.1) is 5.02 Å². The first kappa shape index (κ1) is 14.3. The number of fused-ring (bicyclic) bond motifs is 1. The normalized spacial score (nSPS) is 15.1. The van der Waals surface area contributed by atoms with Crippen molar-refractivity contribution in [1.29, 1.82) is 0 Å². The second-order valence-corrected chi connectivity index (χ2v) is 5.50. The van der Waals surface area contributed by atoms with Crippen LogP contribution in [0.1, 0.15) is 5.56 Å². The summed E-state index contributed by atoms with van der Waals surface area (Å²) in [5.41, 5.74) is 6.39. The van der Waals surface area contributed by atoms with Gasteiger partial charge in [-0.1, -0.05) is 11.6 Å². The number of carbonyl (C=O) groups is 1. The molecule has 1 aliphatic heterocycles. The summed E-state index contributed by atoms with van der Waals surface area (Å²) in [7, 11) is 0. The number of halogens is 1. The van der Waals surface area contributed by atoms with Crippen LogP contribution in [0.4, 0.5) is 0 Å². The van der Waals surface area contributed by atoms with Gasteiger partial charge in [0.1, 0.15) is 19.3 Å². The number of aliphatic carboxylic acids is 1. The summed E-state index contributed by atoms with van der Waals surface area (Å²) in [5.74, 6) is 1.19. The average Bonchev–Trinajstić information content (AvgIpc) is 2.38. The van der Waals surface area contributed by atoms with Gasteiger partial charge in [0, 0.05) is 11.5 Å². The first-order valence-electron chi connectivity index (χ1n) is 5.72. The molecule has 0 amide bonds. The van der Waals surface area contributed by atoms with Crippen LogP contribution in [0.3, 0.4) is 0 Å². The molecule has 5 nitrogen and oxygen atoms in total. The van der Waals surface area contributed by atoms with E-state index in [-0.39, 0.29) is 0 Å². The number of nitrogens with two attached hydrogens (primary N) is 1. The Bertz CT molecular complexity index is 483. The molecule has 0 unspecified atom stereocenters. The van der Waals surface area contributed by atoms with E-state index in [9.17, 15) is 4.79 Å². The summed E-state index contributed by atoms with van der Waals surface area (Å²) >= 11 is 7.55. The van der Waals surface area contributed by atoms with E-state index in [0.29, 0.717) is 41.2 Å². The van der Waals surface area contributed by atoms with E-state index >= 15 is 0 Å². The fraction of sp³-hybridized carbons (Fsp3) is 0.417. The average molecular weight is 304 g/mol. The SMILES string of the molecule is N[C@H](CSCc1cc(Cl)c2c(c1)OCCO2)C(=O)O. The highest BCUT2D eigenvalue weighted by Crippen LogP contribution is 2.39. The molecule has 0 aromatic heterocycles. The molecule has 0 bridgehead atoms. The van der Waals surface area contributed by atoms with E-state index in [1.165, 1.54) is 11.8 Å². The Balaban J connectivity index is 1.98. The van der Waals surface area contributed by atoms with Crippen molar-refractivity contribution >= 4 is 29.3 Å². The topological polar surface area (TPSA) is 81.8 Å². The molecule has 1 atom stereocenters. The zero-order valence-corrected chi connectivity index (χ0v) is 11.7. The Hall–Kier alpha value is -1.11. The molecule has 104 valence electrons. The lowest BCUT2D eigenvalue weighted by Gasteiger charge is -2.20. The number of hydrogen-bond acceptors (Lipinski definition) is 5. The third-order valence-electron chi connectivity index (χ3n) is 2.54. The van der Waals surface area contributed by atoms with Gasteiger partial charge in [-0.05, 0) is 17.7 Å². The molecule has 2 rings (SSSR count). The molecule has 1 aromatic rings. The largest absolute Gasteiger partial charge is 0.486 e. The van der Waals surface area contributed by atoms with Crippen molar-refractivity contribution in [2.75, 3.05) is 19.0 Å². The molecule has 0 spiro atoms. The lowest BCUT2D eigenvalue weighted by Crippen LogP contribution is -2.32. The Kier molecular flexibility index (Phi) is 4.79. The number of hydrogen-bond donors (Lipinski definition) is 2. The summed E-state index contributed by atoms with van der Waals surface area (Å²) in [6.07, 6.45) is 0. The monoisotopic (exact) mass is 303 g/mol. The molecule has 19 heavy (non-hydrogen) atoms. The molecule has 0 aliphatic carbocycles. The standard InChI is InChI=1S/C12H14ClNO4S/c13-8-3-7(5-19-6-9(14)12(15)16)4-10-11(8)18-2-1-17-10/h3-4,9H,1-2,5-6,14H2,(H,15,16)/t9-/m1/s1. The van der Waals surface area contributed by atoms with Gasteiger partial charge < -0.3 is 20.3 Å². The van der Waals surface area contributed by atoms with Crippen LogP contribution in [0.25, 0.3) is 0 Å². The molecular formula is C12H14ClNO4S. The van der Waals surface area contributed by atoms with Crippen LogP contribution in [0.15, 0.2) is 12.1 Å². The highest BCUT2D eigenvalue weighted by Gasteiger charge is 2.17. The van der Waals surface area contributed by atoms with Crippen molar-refractivity contribution in [1.82, 2.24) is 0 Å². The van der Waals surface area contributed by atoms with Crippen LogP contribution in [0.2, 0.25) is 5.02 Å². The van der Waals surface area contributed by atoms with E-state index in [1.54, 1.807) is 6.07 Å². The third-order valence-corrected chi connectivity index (χ3v) is 3.95. The smallest absolute Gasteiger partial charge is 0.321 e. The van der Waals surface area contributed by atoms with Crippen molar-refractivity contribution in [2.24, 2.45) is 5.73 Å². The van der Waals surface area contributed by atoms with Gasteiger partial charge in [0.2, 0.25) is 0 Å². The third kappa shape index (κ3) is 3.68. The van der Waals surface area contributed by atoms with Gasteiger partial charge in [0.25, 0.3) is 0 Å². The second-order valence-electron chi connectivity index (χ2n) is 4.06. The van der Waals surface area contributed by atoms with Crippen molar-refractivity contribution in [3.8, 4) is 11.5 Å². The minimum Gasteiger partial charge on any atom is -0.486 e. The minimum atomic E-state index is -0.993. The van der Waals surface area contributed by atoms with Crippen LogP contribution in [0, 0.1) is 0 Å². The molecule has 0 radical (unpaired) electrons. The molecular weight excluding hydrogens is 290 g/mol. The lowest BCUT2D eigenvalue weighted by molar-refractivity contribution is -0.137. The number of carboxylic acid groups (broad SMARTS) is 1. The molecule has 0 saturated heterocycles. The number of benzene rings is 1. The Morgan fingerprint density at radius 1 is 1.47 bits per heavy atom. The minimum absolute atomic E-state index is 0.349. The maximum absolute atomic E-state index is 10.6. The summed E-state index contributed by atoms with van der Waals surface area (Å²) in [6, 6.07) is 2.81. The summed E-state index contributed by atoms with van der Waals surface area (Å²) in [5, 5.41) is 9.19. The molecule has 7 heteroatoms. The highest BCUT2D eigenvalue weighted by atomic mass is 35.5. The van der Waals surface area contributed by atoms with Gasteiger partial charge in [-0.2, -0.15) is 11.8 Å². The Morgan fingerprint density at radius 3 is 2.95 bits per heavy atom. The van der Waals surface area contributed by atoms with E-state index in [4.69, 9.17) is 31.9 Å². The maximum atomic E-state index is 10.6. The summed E-state index contributed by atoms with van der Waals surface area (Å²) in [6.45, 7) is 0.998. The van der Waals surface area contributed by atoms with Crippen LogP contribution >= 0.6 is 23.4 Å². The summed E-state index contributed by atoms with van der Waals surface area (Å²) in [4.78, 5) is 10.6. The molecule has 1 aromatic carbocycles. The van der Waals surface area contributed by atoms with E-state index in [2.05, 4.69) is 0 Å². The molecule has 0 saturated carbocycles. The Labute approximate surface area is 120 Å². The van der Waals surface area contributed by atoms with Gasteiger partial charge >= 0.3 is 5.97 Å². The number of ether oxygens (including phenoxy) is 2. The number of carboxylic acids is 1. The van der Waals surface area contributed by atoms with Crippen LogP contribution < -0.4 is 15.2 Å². The first-order chi connectivity index (χ1) is 9.08. The molecule has 1 aliphatic rings. The zero-order chi connectivity index (χ0) is 13.8. The predicted molar refractivity (Wildman–Crippen MR) is 74.2 cm³/mol. The fourth-order valence-electron chi connectivity index (χ4n) is 1.62. The van der Waals surface area contributed by atoms with Crippen LogP contribution in [-0.2, 0) is 10.5 Å². The fourth-order valence-corrected chi connectivity index (χ4v) is 2.83. The number of thioether (sulfide) groups is 1. The molecule has 1 heterocycles. The summed E-state index contributed by atoms with van der Waals surface area (Å²) < 4.78 is 10.9. The van der Waals surface area contributed by atoms with Gasteiger partial charge in [-0.3, -0.25) is 4.79 Å². The maximum Gasteiger partial charge on any atom is 0.321 e. The van der Waals surface area contributed by atoms with Crippen LogP contribution in [-0.4, -0.2) is 36.1 Å². The van der Waals surface area contributed by atoms with Crippen molar-refractivity contribution < 1.29 is 19.4 Å². The highest BCUT2D eigenvalue weighted by molar-refractivity contribution is 7.98. The second kappa shape index (κ2) is 6.36. The zero-order valence-electron chi connectivity index (χ0n) is 10.1. The molecule has 0 fully saturated rings. The Morgan fingerprint density at radius 2 is 2.21 bits per heavy atom. The van der Waals surface area contributed by atoms with Crippen molar-refractivity contribution in [3.63, 3.8) is 0 Å². The van der Waals surface area contributed by atoms with E-state index in [1.807, 2.05) is 6.07 Å². The van der Waals surface area contributed by atoms with Crippen molar-refractivity contribution in [3.05, 3.63) is 22.7 Å². The predicted octanol–water partition coefficient (Wildman–Crippen LogP) is 1.76. The van der Waals surface area contributed by atoms with Gasteiger partial charge in [0.15, 0.2) is 11.5 Å².